The number of carbonyl (C=O) groups excluding carboxylic acids is 4. The van der Waals surface area contributed by atoms with Crippen molar-refractivity contribution >= 4 is 41.0 Å². The summed E-state index contributed by atoms with van der Waals surface area (Å²) in [6, 6.07) is 12.6. The number of allylic oxidation sites excluding steroid dienone is 1. The Bertz CT molecular complexity index is 1550. The molecule has 2 saturated heterocycles. The maximum absolute atomic E-state index is 14.8. The van der Waals surface area contributed by atoms with Gasteiger partial charge in [0.1, 0.15) is 23.7 Å². The second-order valence-corrected chi connectivity index (χ2v) is 12.6. The number of anilines is 1. The first kappa shape index (κ1) is 32.0. The molecule has 10 nitrogen and oxygen atoms in total. The molecule has 46 heavy (non-hydrogen) atoms. The van der Waals surface area contributed by atoms with Crippen molar-refractivity contribution < 1.29 is 33.8 Å². The Morgan fingerprint density at radius 1 is 1.07 bits per heavy atom. The highest BCUT2D eigenvalue weighted by Gasteiger charge is 2.72. The molecule has 6 rings (SSSR count). The Morgan fingerprint density at radius 2 is 1.85 bits per heavy atom. The van der Waals surface area contributed by atoms with Crippen molar-refractivity contribution in [1.29, 1.82) is 0 Å². The van der Waals surface area contributed by atoms with Crippen LogP contribution in [0.5, 0.6) is 0 Å². The number of cyclic esters (lactones) is 1. The summed E-state index contributed by atoms with van der Waals surface area (Å²) in [5.41, 5.74) is 0.459. The molecule has 0 unspecified atom stereocenters. The number of para-hydroxylation sites is 1. The first-order valence-corrected chi connectivity index (χ1v) is 16.1. The molecular weight excluding hydrogens is 610 g/mol. The first-order valence-electron chi connectivity index (χ1n) is 15.8. The molecule has 0 radical (unpaired) electrons. The van der Waals surface area contributed by atoms with Gasteiger partial charge in [0.2, 0.25) is 11.8 Å². The van der Waals surface area contributed by atoms with E-state index in [1.54, 1.807) is 41.3 Å². The fourth-order valence-corrected chi connectivity index (χ4v) is 7.64. The van der Waals surface area contributed by atoms with E-state index in [1.807, 2.05) is 50.2 Å². The molecule has 0 aliphatic carbocycles. The fraction of sp³-hybridized carbons (Fsp3) is 0.429. The molecule has 2 aromatic rings. The van der Waals surface area contributed by atoms with E-state index in [2.05, 4.69) is 5.32 Å². The van der Waals surface area contributed by atoms with Gasteiger partial charge in [-0.15, -0.1) is 0 Å². The van der Waals surface area contributed by atoms with E-state index < -0.39 is 59.5 Å². The maximum Gasteiger partial charge on any atom is 0.313 e. The van der Waals surface area contributed by atoms with E-state index in [1.165, 1.54) is 4.90 Å². The van der Waals surface area contributed by atoms with Crippen molar-refractivity contribution in [3.63, 3.8) is 0 Å². The number of aliphatic hydroxyl groups is 1. The zero-order valence-corrected chi connectivity index (χ0v) is 26.6. The highest BCUT2D eigenvalue weighted by Crippen LogP contribution is 2.54. The summed E-state index contributed by atoms with van der Waals surface area (Å²) in [7, 11) is 0. The number of esters is 1. The Balaban J connectivity index is 1.47. The van der Waals surface area contributed by atoms with E-state index in [0.29, 0.717) is 29.1 Å². The van der Waals surface area contributed by atoms with E-state index in [4.69, 9.17) is 21.1 Å². The second-order valence-electron chi connectivity index (χ2n) is 12.2. The number of hydrogen-bond donors (Lipinski definition) is 2. The molecule has 242 valence electrons. The number of fused-ring (bicyclic) bond motifs is 2. The van der Waals surface area contributed by atoms with Crippen molar-refractivity contribution in [3.8, 4) is 0 Å². The van der Waals surface area contributed by atoms with Gasteiger partial charge in [0, 0.05) is 13.0 Å². The van der Waals surface area contributed by atoms with Gasteiger partial charge >= 0.3 is 5.97 Å². The number of benzene rings is 2. The van der Waals surface area contributed by atoms with Crippen LogP contribution < -0.4 is 10.2 Å². The minimum atomic E-state index is -1.53. The molecule has 0 bridgehead atoms. The third kappa shape index (κ3) is 5.42. The quantitative estimate of drug-likeness (QED) is 0.375. The lowest BCUT2D eigenvalue weighted by Crippen LogP contribution is -2.58. The Morgan fingerprint density at radius 3 is 2.57 bits per heavy atom. The van der Waals surface area contributed by atoms with E-state index >= 15 is 0 Å². The van der Waals surface area contributed by atoms with Crippen LogP contribution in [0.1, 0.15) is 43.4 Å². The Kier molecular flexibility index (Phi) is 9.05. The number of carbonyl (C=O) groups is 4. The highest BCUT2D eigenvalue weighted by atomic mass is 35.5. The van der Waals surface area contributed by atoms with Gasteiger partial charge in [-0.2, -0.15) is 0 Å². The minimum absolute atomic E-state index is 0.0575. The number of rotatable bonds is 5. The van der Waals surface area contributed by atoms with Gasteiger partial charge in [-0.3, -0.25) is 19.2 Å². The monoisotopic (exact) mass is 647 g/mol. The maximum atomic E-state index is 14.8. The van der Waals surface area contributed by atoms with E-state index in [9.17, 15) is 24.3 Å². The van der Waals surface area contributed by atoms with Crippen molar-refractivity contribution in [2.45, 2.75) is 63.0 Å². The molecule has 4 aliphatic heterocycles. The standard InChI is InChI=1S/C35H38ClN3O7/c1-3-23(20-40)39-31-33(43)38(30-21(2)11-9-14-24(30)36)18-10-17-35(31)29(32(39)42)28-25(46-35)15-7-8-16-27(41)37-19-26(45-34(28)44)22-12-5-4-6-13-22/h4-7,9-15,17,23,25-26,28-29,31,40H,3,8,16,18-20H2,1-2H3,(H,37,41)/b15-7-/t23-,25+,26-,28-,29-,31+,35-/m0/s1. The number of aryl methyl sites for hydroxylation is 1. The molecule has 2 N–H and O–H groups in total. The minimum Gasteiger partial charge on any atom is -0.455 e. The smallest absolute Gasteiger partial charge is 0.313 e. The largest absolute Gasteiger partial charge is 0.455 e. The summed E-state index contributed by atoms with van der Waals surface area (Å²) in [4.78, 5) is 59.2. The molecule has 2 aromatic carbocycles. The van der Waals surface area contributed by atoms with Crippen LogP contribution in [0.3, 0.4) is 0 Å². The van der Waals surface area contributed by atoms with Gasteiger partial charge in [-0.1, -0.05) is 85.3 Å². The summed E-state index contributed by atoms with van der Waals surface area (Å²) in [6.07, 6.45) is 6.23. The van der Waals surface area contributed by atoms with Crippen LogP contribution >= 0.6 is 11.6 Å². The van der Waals surface area contributed by atoms with Crippen molar-refractivity contribution in [1.82, 2.24) is 10.2 Å². The Hall–Kier alpha value is -3.99. The molecule has 0 saturated carbocycles. The average Bonchev–Trinajstić information content (AvgIpc) is 3.44. The normalized spacial score (nSPS) is 31.1. The van der Waals surface area contributed by atoms with Gasteiger partial charge in [0.15, 0.2) is 0 Å². The lowest BCUT2D eigenvalue weighted by atomic mass is 9.77. The number of nitrogens with one attached hydrogen (secondary N) is 1. The molecule has 3 amide bonds. The lowest BCUT2D eigenvalue weighted by molar-refractivity contribution is -0.160. The van der Waals surface area contributed by atoms with Crippen molar-refractivity contribution in [2.75, 3.05) is 24.6 Å². The number of halogens is 1. The average molecular weight is 648 g/mol. The third-order valence-electron chi connectivity index (χ3n) is 9.52. The van der Waals surface area contributed by atoms with Crippen LogP contribution in [0.25, 0.3) is 0 Å². The number of nitrogens with zero attached hydrogens (tertiary/aromatic N) is 2. The molecule has 4 heterocycles. The highest BCUT2D eigenvalue weighted by molar-refractivity contribution is 6.34. The van der Waals surface area contributed by atoms with Crippen molar-refractivity contribution in [3.05, 3.63) is 89.0 Å². The van der Waals surface area contributed by atoms with Gasteiger partial charge in [-0.25, -0.2) is 0 Å². The SMILES string of the molecule is CC[C@@H](CO)N1C(=O)[C@@H]2[C@H]3C(=O)O[C@H](c4ccccc4)CNC(=O)CC/C=C\[C@H]3O[C@@]23C=CCN(c2c(C)cccc2Cl)C(=O)[C@@H]13. The summed E-state index contributed by atoms with van der Waals surface area (Å²) in [5, 5.41) is 13.7. The summed E-state index contributed by atoms with van der Waals surface area (Å²) < 4.78 is 12.9. The first-order chi connectivity index (χ1) is 22.2. The van der Waals surface area contributed by atoms with Gasteiger partial charge in [-0.05, 0) is 37.0 Å². The summed E-state index contributed by atoms with van der Waals surface area (Å²) >= 11 is 6.63. The zero-order valence-electron chi connectivity index (χ0n) is 25.8. The molecule has 0 aromatic heterocycles. The number of likely N-dealkylation sites (tertiary alicyclic amines) is 1. The number of hydrogen-bond acceptors (Lipinski definition) is 7. The number of amides is 3. The molecular formula is C35H38ClN3O7. The van der Waals surface area contributed by atoms with Crippen molar-refractivity contribution in [2.24, 2.45) is 11.8 Å². The summed E-state index contributed by atoms with van der Waals surface area (Å²) in [6.45, 7) is 3.53. The van der Waals surface area contributed by atoms with Crippen LogP contribution in [-0.4, -0.2) is 77.2 Å². The number of ether oxygens (including phenoxy) is 2. The van der Waals surface area contributed by atoms with Crippen LogP contribution in [0.4, 0.5) is 5.69 Å². The fourth-order valence-electron chi connectivity index (χ4n) is 7.32. The lowest BCUT2D eigenvalue weighted by Gasteiger charge is -2.38. The third-order valence-corrected chi connectivity index (χ3v) is 9.82. The molecule has 1 spiro atoms. The zero-order chi connectivity index (χ0) is 32.6. The predicted octanol–water partition coefficient (Wildman–Crippen LogP) is 3.65. The molecule has 2 fully saturated rings. The topological polar surface area (TPSA) is 125 Å². The van der Waals surface area contributed by atoms with Gasteiger partial charge < -0.3 is 29.7 Å². The molecule has 7 atom stereocenters. The molecule has 11 heteroatoms. The van der Waals surface area contributed by atoms with Gasteiger partial charge in [0.05, 0.1) is 41.9 Å². The van der Waals surface area contributed by atoms with Crippen LogP contribution in [0, 0.1) is 18.8 Å². The predicted molar refractivity (Wildman–Crippen MR) is 171 cm³/mol. The van der Waals surface area contributed by atoms with Gasteiger partial charge in [0.25, 0.3) is 5.91 Å². The Labute approximate surface area is 273 Å². The van der Waals surface area contributed by atoms with E-state index in [-0.39, 0.29) is 32.0 Å². The van der Waals surface area contributed by atoms with Crippen LogP contribution in [0.2, 0.25) is 5.02 Å². The number of aliphatic hydroxyl groups excluding tert-OH is 1. The molecule has 4 aliphatic rings. The van der Waals surface area contributed by atoms with Crippen LogP contribution in [-0.2, 0) is 28.7 Å². The van der Waals surface area contributed by atoms with Crippen LogP contribution in [0.15, 0.2) is 72.8 Å². The second kappa shape index (κ2) is 13.0. The van der Waals surface area contributed by atoms with E-state index in [0.717, 1.165) is 5.56 Å². The summed E-state index contributed by atoms with van der Waals surface area (Å²) in [5.74, 6) is -3.95.